The van der Waals surface area contributed by atoms with Gasteiger partial charge in [-0.25, -0.2) is 0 Å². The standard InChI is InChI=1S/C26H27IN4O3/c1-30(2)13-4-6-24(32)31-14-3-5-23(31)17-7-10-19(11-8-17)28-16-22-21-15-18(27)9-12-20(21)25(33)29-26(22)34/h4,6-12,15-16,23,28H,3,5,13-14H2,1-2H3,(H,29,33,34)/b6-4+,22-16-. The summed E-state index contributed by atoms with van der Waals surface area (Å²) in [5.41, 5.74) is 3.41. The first-order valence-corrected chi connectivity index (χ1v) is 12.3. The lowest BCUT2D eigenvalue weighted by Gasteiger charge is -2.24. The third-order valence-electron chi connectivity index (χ3n) is 5.93. The van der Waals surface area contributed by atoms with Crippen LogP contribution in [0.2, 0.25) is 0 Å². The summed E-state index contributed by atoms with van der Waals surface area (Å²) in [6.45, 7) is 1.49. The fourth-order valence-electron chi connectivity index (χ4n) is 4.23. The molecular weight excluding hydrogens is 543 g/mol. The van der Waals surface area contributed by atoms with Gasteiger partial charge in [0.05, 0.1) is 11.6 Å². The molecule has 0 spiro atoms. The van der Waals surface area contributed by atoms with Crippen molar-refractivity contribution < 1.29 is 14.4 Å². The van der Waals surface area contributed by atoms with E-state index in [-0.39, 0.29) is 17.9 Å². The van der Waals surface area contributed by atoms with Crippen LogP contribution >= 0.6 is 22.6 Å². The number of nitrogens with one attached hydrogen (secondary N) is 2. The summed E-state index contributed by atoms with van der Waals surface area (Å²) in [5, 5.41) is 5.57. The number of nitrogens with zero attached hydrogens (tertiary/aromatic N) is 2. The van der Waals surface area contributed by atoms with Crippen molar-refractivity contribution in [2.45, 2.75) is 18.9 Å². The second kappa shape index (κ2) is 10.5. The molecule has 2 aliphatic heterocycles. The molecule has 0 saturated carbocycles. The van der Waals surface area contributed by atoms with Crippen LogP contribution in [0.3, 0.4) is 0 Å². The van der Waals surface area contributed by atoms with Crippen molar-refractivity contribution in [3.63, 3.8) is 0 Å². The maximum Gasteiger partial charge on any atom is 0.260 e. The van der Waals surface area contributed by atoms with Crippen LogP contribution in [0.4, 0.5) is 5.69 Å². The van der Waals surface area contributed by atoms with Crippen LogP contribution in [0, 0.1) is 3.57 Å². The lowest BCUT2D eigenvalue weighted by atomic mass is 9.95. The van der Waals surface area contributed by atoms with Crippen molar-refractivity contribution in [2.75, 3.05) is 32.5 Å². The van der Waals surface area contributed by atoms with E-state index >= 15 is 0 Å². The van der Waals surface area contributed by atoms with Gasteiger partial charge >= 0.3 is 0 Å². The molecule has 0 radical (unpaired) electrons. The Hall–Kier alpha value is -2.98. The monoisotopic (exact) mass is 570 g/mol. The molecule has 1 atom stereocenters. The topological polar surface area (TPSA) is 81.8 Å². The van der Waals surface area contributed by atoms with Crippen molar-refractivity contribution in [1.82, 2.24) is 15.1 Å². The molecule has 4 rings (SSSR count). The normalized spacial score (nSPS) is 19.1. The molecule has 2 aromatic carbocycles. The van der Waals surface area contributed by atoms with Crippen LogP contribution in [0.5, 0.6) is 0 Å². The van der Waals surface area contributed by atoms with Gasteiger partial charge in [-0.1, -0.05) is 18.2 Å². The van der Waals surface area contributed by atoms with Crippen LogP contribution in [-0.2, 0) is 9.59 Å². The predicted octanol–water partition coefficient (Wildman–Crippen LogP) is 3.80. The molecule has 2 heterocycles. The van der Waals surface area contributed by atoms with E-state index in [2.05, 4.69) is 33.2 Å². The molecule has 8 heteroatoms. The first kappa shape index (κ1) is 24.2. The van der Waals surface area contributed by atoms with E-state index in [4.69, 9.17) is 0 Å². The summed E-state index contributed by atoms with van der Waals surface area (Å²) < 4.78 is 0.946. The van der Waals surface area contributed by atoms with E-state index in [9.17, 15) is 14.4 Å². The van der Waals surface area contributed by atoms with E-state index in [0.717, 1.165) is 40.8 Å². The summed E-state index contributed by atoms with van der Waals surface area (Å²) in [7, 11) is 3.94. The van der Waals surface area contributed by atoms with Crippen LogP contribution in [0.1, 0.15) is 40.4 Å². The fourth-order valence-corrected chi connectivity index (χ4v) is 4.73. The van der Waals surface area contributed by atoms with Crippen LogP contribution in [0.25, 0.3) is 5.57 Å². The van der Waals surface area contributed by atoms with Gasteiger partial charge in [0.1, 0.15) is 0 Å². The minimum Gasteiger partial charge on any atom is -0.361 e. The molecule has 2 N–H and O–H groups in total. The number of rotatable bonds is 6. The highest BCUT2D eigenvalue weighted by Crippen LogP contribution is 2.33. The smallest absolute Gasteiger partial charge is 0.260 e. The molecule has 3 amide bonds. The minimum atomic E-state index is -0.425. The van der Waals surface area contributed by atoms with Crippen LogP contribution in [0.15, 0.2) is 60.8 Å². The minimum absolute atomic E-state index is 0.0439. The van der Waals surface area contributed by atoms with Crippen molar-refractivity contribution >= 4 is 51.6 Å². The molecule has 7 nitrogen and oxygen atoms in total. The first-order chi connectivity index (χ1) is 16.3. The highest BCUT2D eigenvalue weighted by Gasteiger charge is 2.29. The summed E-state index contributed by atoms with van der Waals surface area (Å²) in [5.74, 6) is -0.765. The average Bonchev–Trinajstić information content (AvgIpc) is 3.29. The van der Waals surface area contributed by atoms with Gasteiger partial charge in [-0.2, -0.15) is 0 Å². The Bertz CT molecular complexity index is 1170. The number of imide groups is 1. The molecule has 176 valence electrons. The Balaban J connectivity index is 1.48. The van der Waals surface area contributed by atoms with Gasteiger partial charge < -0.3 is 15.1 Å². The Morgan fingerprint density at radius 2 is 1.91 bits per heavy atom. The van der Waals surface area contributed by atoms with Crippen LogP contribution in [-0.4, -0.2) is 54.7 Å². The highest BCUT2D eigenvalue weighted by atomic mass is 127. The van der Waals surface area contributed by atoms with E-state index in [1.807, 2.05) is 66.4 Å². The third-order valence-corrected chi connectivity index (χ3v) is 6.60. The van der Waals surface area contributed by atoms with E-state index in [1.165, 1.54) is 0 Å². The molecular formula is C26H27IN4O3. The van der Waals surface area contributed by atoms with E-state index in [1.54, 1.807) is 18.3 Å². The van der Waals surface area contributed by atoms with Gasteiger partial charge in [0.25, 0.3) is 11.8 Å². The van der Waals surface area contributed by atoms with Gasteiger partial charge in [0.2, 0.25) is 5.91 Å². The Morgan fingerprint density at radius 1 is 1.15 bits per heavy atom. The zero-order chi connectivity index (χ0) is 24.2. The molecule has 34 heavy (non-hydrogen) atoms. The summed E-state index contributed by atoms with van der Waals surface area (Å²) in [4.78, 5) is 41.2. The number of anilines is 1. The Morgan fingerprint density at radius 3 is 2.65 bits per heavy atom. The first-order valence-electron chi connectivity index (χ1n) is 11.2. The largest absolute Gasteiger partial charge is 0.361 e. The zero-order valence-electron chi connectivity index (χ0n) is 19.2. The number of hydrogen-bond donors (Lipinski definition) is 2. The quantitative estimate of drug-likeness (QED) is 0.314. The maximum atomic E-state index is 12.7. The highest BCUT2D eigenvalue weighted by molar-refractivity contribution is 14.1. The Kier molecular flexibility index (Phi) is 7.47. The maximum absolute atomic E-state index is 12.7. The summed E-state index contributed by atoms with van der Waals surface area (Å²) >= 11 is 2.16. The summed E-state index contributed by atoms with van der Waals surface area (Å²) in [6.07, 6.45) is 7.11. The van der Waals surface area contributed by atoms with E-state index in [0.29, 0.717) is 16.7 Å². The van der Waals surface area contributed by atoms with Crippen molar-refractivity contribution in [3.8, 4) is 0 Å². The molecule has 1 fully saturated rings. The number of fused-ring (bicyclic) bond motifs is 1. The average molecular weight is 570 g/mol. The number of halogens is 1. The lowest BCUT2D eigenvalue weighted by molar-refractivity contribution is -0.127. The van der Waals surface area contributed by atoms with E-state index < -0.39 is 5.91 Å². The lowest BCUT2D eigenvalue weighted by Crippen LogP contribution is -2.36. The van der Waals surface area contributed by atoms with Gasteiger partial charge in [-0.05, 0) is 85.4 Å². The van der Waals surface area contributed by atoms with Crippen LogP contribution < -0.4 is 10.6 Å². The summed E-state index contributed by atoms with van der Waals surface area (Å²) in [6, 6.07) is 13.4. The number of hydrogen-bond acceptors (Lipinski definition) is 5. The van der Waals surface area contributed by atoms with Crippen molar-refractivity contribution in [1.29, 1.82) is 0 Å². The molecule has 0 bridgehead atoms. The number of benzene rings is 2. The van der Waals surface area contributed by atoms with Gasteiger partial charge in [-0.3, -0.25) is 19.7 Å². The fraction of sp³-hybridized carbons (Fsp3) is 0.269. The van der Waals surface area contributed by atoms with Crippen molar-refractivity contribution in [2.24, 2.45) is 0 Å². The number of amides is 3. The zero-order valence-corrected chi connectivity index (χ0v) is 21.3. The SMILES string of the molecule is CN(C)C/C=C/C(=O)N1CCCC1c1ccc(N/C=C2\C(=O)NC(=O)c3ccc(I)cc32)cc1. The van der Waals surface area contributed by atoms with Crippen molar-refractivity contribution in [3.05, 3.63) is 81.1 Å². The van der Waals surface area contributed by atoms with Gasteiger partial charge in [0, 0.05) is 45.7 Å². The predicted molar refractivity (Wildman–Crippen MR) is 141 cm³/mol. The molecule has 1 unspecified atom stereocenters. The van der Waals surface area contributed by atoms with Gasteiger partial charge in [0.15, 0.2) is 0 Å². The van der Waals surface area contributed by atoms with Gasteiger partial charge in [-0.15, -0.1) is 0 Å². The molecule has 2 aromatic rings. The molecule has 1 saturated heterocycles. The number of likely N-dealkylation sites (tertiary alicyclic amines) is 1. The third kappa shape index (κ3) is 5.39. The number of carbonyl (C=O) groups excluding carboxylic acids is 3. The molecule has 0 aromatic heterocycles. The second-order valence-corrected chi connectivity index (χ2v) is 9.90. The molecule has 2 aliphatic rings. The number of likely N-dealkylation sites (N-methyl/N-ethyl adjacent to an activating group) is 1. The Labute approximate surface area is 213 Å². The molecule has 0 aliphatic carbocycles. The number of carbonyl (C=O) groups is 3. The second-order valence-electron chi connectivity index (χ2n) is 8.65.